The molecule has 1 saturated carbocycles. The molecular weight excluding hydrogens is 412 g/mol. The Labute approximate surface area is 183 Å². The Bertz CT molecular complexity index is 1090. The Hall–Kier alpha value is -3.94. The van der Waals surface area contributed by atoms with Gasteiger partial charge in [-0.15, -0.1) is 0 Å². The highest BCUT2D eigenvalue weighted by Crippen LogP contribution is 2.44. The third-order valence-corrected chi connectivity index (χ3v) is 6.17. The first-order valence-electron chi connectivity index (χ1n) is 10.4. The molecule has 4 atom stereocenters. The van der Waals surface area contributed by atoms with Gasteiger partial charge in [-0.25, -0.2) is 9.59 Å². The van der Waals surface area contributed by atoms with Crippen molar-refractivity contribution in [2.75, 3.05) is 0 Å². The van der Waals surface area contributed by atoms with Crippen molar-refractivity contribution in [1.82, 2.24) is 10.4 Å². The van der Waals surface area contributed by atoms with Crippen molar-refractivity contribution in [2.45, 2.75) is 19.1 Å². The Morgan fingerprint density at radius 1 is 0.906 bits per heavy atom. The van der Waals surface area contributed by atoms with Crippen LogP contribution in [0.1, 0.15) is 32.7 Å². The fourth-order valence-electron chi connectivity index (χ4n) is 4.64. The summed E-state index contributed by atoms with van der Waals surface area (Å²) in [6, 6.07) is 15.0. The average Bonchev–Trinajstić information content (AvgIpc) is 3.48. The van der Waals surface area contributed by atoms with Crippen LogP contribution in [0.3, 0.4) is 0 Å². The van der Waals surface area contributed by atoms with Crippen molar-refractivity contribution in [3.8, 4) is 0 Å². The molecule has 0 radical (unpaired) electrons. The summed E-state index contributed by atoms with van der Waals surface area (Å²) < 4.78 is 5.29. The zero-order valence-electron chi connectivity index (χ0n) is 17.0. The number of fused-ring (bicyclic) bond motifs is 3. The van der Waals surface area contributed by atoms with Gasteiger partial charge in [-0.05, 0) is 36.0 Å². The fourth-order valence-corrected chi connectivity index (χ4v) is 4.64. The van der Waals surface area contributed by atoms with Crippen LogP contribution < -0.4 is 5.32 Å². The van der Waals surface area contributed by atoms with Crippen LogP contribution in [0.15, 0.2) is 66.7 Å². The van der Waals surface area contributed by atoms with Crippen molar-refractivity contribution >= 4 is 23.9 Å². The molecule has 2 aromatic rings. The molecule has 8 heteroatoms. The lowest BCUT2D eigenvalue weighted by Gasteiger charge is -2.27. The van der Waals surface area contributed by atoms with Gasteiger partial charge in [0.05, 0.1) is 23.1 Å². The van der Waals surface area contributed by atoms with Crippen LogP contribution in [0.5, 0.6) is 0 Å². The van der Waals surface area contributed by atoms with Gasteiger partial charge in [0.15, 0.2) is 0 Å². The summed E-state index contributed by atoms with van der Waals surface area (Å²) in [4.78, 5) is 55.7. The van der Waals surface area contributed by atoms with Crippen molar-refractivity contribution in [3.63, 3.8) is 0 Å². The lowest BCUT2D eigenvalue weighted by atomic mass is 9.89. The zero-order chi connectivity index (χ0) is 22.2. The van der Waals surface area contributed by atoms with Gasteiger partial charge in [0.25, 0.3) is 11.8 Å². The van der Waals surface area contributed by atoms with Crippen LogP contribution in [0.2, 0.25) is 0 Å². The predicted molar refractivity (Wildman–Crippen MR) is 111 cm³/mol. The smallest absolute Gasteiger partial charge is 0.407 e. The van der Waals surface area contributed by atoms with Gasteiger partial charge >= 0.3 is 12.1 Å². The summed E-state index contributed by atoms with van der Waals surface area (Å²) in [6.07, 6.45) is 3.90. The molecule has 1 heterocycles. The summed E-state index contributed by atoms with van der Waals surface area (Å²) >= 11 is 0. The molecule has 5 rings (SSSR count). The van der Waals surface area contributed by atoms with E-state index in [9.17, 15) is 19.2 Å². The molecule has 162 valence electrons. The van der Waals surface area contributed by atoms with Gasteiger partial charge in [-0.3, -0.25) is 9.59 Å². The number of nitrogens with zero attached hydrogens (tertiary/aromatic N) is 1. The number of ether oxygens (including phenoxy) is 1. The Kier molecular flexibility index (Phi) is 4.97. The molecule has 2 aliphatic carbocycles. The number of imide groups is 1. The third kappa shape index (κ3) is 3.43. The van der Waals surface area contributed by atoms with Crippen LogP contribution in [0.4, 0.5) is 4.79 Å². The molecule has 3 aliphatic rings. The number of alkyl carbamates (subject to hydrolysis) is 1. The van der Waals surface area contributed by atoms with Crippen LogP contribution in [0.25, 0.3) is 0 Å². The van der Waals surface area contributed by atoms with E-state index in [2.05, 4.69) is 5.32 Å². The van der Waals surface area contributed by atoms with Gasteiger partial charge in [-0.2, -0.15) is 0 Å². The first kappa shape index (κ1) is 20.0. The van der Waals surface area contributed by atoms with Gasteiger partial charge in [-0.1, -0.05) is 59.7 Å². The first-order valence-corrected chi connectivity index (χ1v) is 10.4. The highest BCUT2D eigenvalue weighted by molar-refractivity contribution is 6.20. The van der Waals surface area contributed by atoms with Crippen molar-refractivity contribution < 1.29 is 28.8 Å². The summed E-state index contributed by atoms with van der Waals surface area (Å²) in [5.74, 6) is -3.01. The summed E-state index contributed by atoms with van der Waals surface area (Å²) in [5.41, 5.74) is 1.23. The van der Waals surface area contributed by atoms with E-state index in [0.717, 1.165) is 5.56 Å². The van der Waals surface area contributed by atoms with Gasteiger partial charge in [0.1, 0.15) is 6.61 Å². The van der Waals surface area contributed by atoms with Crippen LogP contribution in [0, 0.1) is 17.8 Å². The lowest BCUT2D eigenvalue weighted by molar-refractivity contribution is -0.175. The number of amides is 3. The topological polar surface area (TPSA) is 102 Å². The van der Waals surface area contributed by atoms with Gasteiger partial charge < -0.3 is 14.9 Å². The van der Waals surface area contributed by atoms with E-state index in [0.29, 0.717) is 11.5 Å². The maximum Gasteiger partial charge on any atom is 0.407 e. The Morgan fingerprint density at radius 2 is 1.53 bits per heavy atom. The predicted octanol–water partition coefficient (Wildman–Crippen LogP) is 2.86. The lowest BCUT2D eigenvalue weighted by Crippen LogP contribution is -2.48. The second-order valence-electron chi connectivity index (χ2n) is 8.07. The van der Waals surface area contributed by atoms with E-state index in [1.807, 2.05) is 42.5 Å². The number of hydrogen-bond donors (Lipinski definition) is 1. The average molecular weight is 432 g/mol. The molecule has 0 spiro atoms. The van der Waals surface area contributed by atoms with Crippen LogP contribution >= 0.6 is 0 Å². The maximum atomic E-state index is 13.0. The number of allylic oxidation sites excluding steroid dienone is 1. The molecule has 0 saturated heterocycles. The molecule has 2 aromatic carbocycles. The number of hydroxylamine groups is 2. The number of rotatable bonds is 5. The standard InChI is InChI=1S/C24H20N2O6/c27-21-17-8-4-5-9-18(17)22(28)26(21)32-23(29)19-15-10-11-16(12-15)20(19)25-24(30)31-13-14-6-2-1-3-7-14/h1-11,15-16,19-20H,12-13H2,(H,25,30)/t15?,16?,19-,20-/m1/s1. The minimum absolute atomic E-state index is 0.0518. The second kappa shape index (κ2) is 7.96. The molecule has 32 heavy (non-hydrogen) atoms. The number of carbonyl (C=O) groups is 4. The largest absolute Gasteiger partial charge is 0.445 e. The number of benzene rings is 2. The highest BCUT2D eigenvalue weighted by Gasteiger charge is 2.51. The normalized spacial score (nSPS) is 25.1. The SMILES string of the molecule is O=C(N[C@@H]1C2C=CC(C2)[C@H]1C(=O)ON1C(=O)c2ccccc2C1=O)OCc1ccccc1. The van der Waals surface area contributed by atoms with Crippen LogP contribution in [-0.2, 0) is 21.0 Å². The first-order chi connectivity index (χ1) is 15.5. The second-order valence-corrected chi connectivity index (χ2v) is 8.07. The summed E-state index contributed by atoms with van der Waals surface area (Å²) in [6.45, 7) is 0.105. The van der Waals surface area contributed by atoms with Crippen LogP contribution in [-0.4, -0.2) is 35.0 Å². The van der Waals surface area contributed by atoms with Gasteiger partial charge in [0, 0.05) is 0 Å². The minimum Gasteiger partial charge on any atom is -0.445 e. The molecule has 3 amide bonds. The zero-order valence-corrected chi connectivity index (χ0v) is 17.0. The molecule has 2 unspecified atom stereocenters. The number of nitrogens with one attached hydrogen (secondary N) is 1. The molecule has 0 aromatic heterocycles. The van der Waals surface area contributed by atoms with E-state index >= 15 is 0 Å². The molecule has 2 bridgehead atoms. The van der Waals surface area contributed by atoms with Crippen molar-refractivity contribution in [3.05, 3.63) is 83.4 Å². The molecule has 1 N–H and O–H groups in total. The molecular formula is C24H20N2O6. The van der Waals surface area contributed by atoms with Crippen molar-refractivity contribution in [2.24, 2.45) is 17.8 Å². The molecule has 1 aliphatic heterocycles. The van der Waals surface area contributed by atoms with E-state index < -0.39 is 35.8 Å². The van der Waals surface area contributed by atoms with Gasteiger partial charge in [0.2, 0.25) is 0 Å². The minimum atomic E-state index is -0.732. The highest BCUT2D eigenvalue weighted by atomic mass is 16.7. The quantitative estimate of drug-likeness (QED) is 0.576. The molecule has 8 nitrogen and oxygen atoms in total. The maximum absolute atomic E-state index is 13.0. The number of carbonyl (C=O) groups excluding carboxylic acids is 4. The summed E-state index contributed by atoms with van der Waals surface area (Å²) in [5, 5.41) is 3.28. The van der Waals surface area contributed by atoms with E-state index in [1.165, 1.54) is 12.1 Å². The fraction of sp³-hybridized carbons (Fsp3) is 0.250. The monoisotopic (exact) mass is 432 g/mol. The van der Waals surface area contributed by atoms with E-state index in [4.69, 9.17) is 9.57 Å². The summed E-state index contributed by atoms with van der Waals surface area (Å²) in [7, 11) is 0. The number of hydrogen-bond acceptors (Lipinski definition) is 6. The Balaban J connectivity index is 1.26. The van der Waals surface area contributed by atoms with Crippen molar-refractivity contribution in [1.29, 1.82) is 0 Å². The van der Waals surface area contributed by atoms with E-state index in [1.54, 1.807) is 12.1 Å². The Morgan fingerprint density at radius 3 is 2.22 bits per heavy atom. The molecule has 1 fully saturated rings. The third-order valence-electron chi connectivity index (χ3n) is 6.17. The van der Waals surface area contributed by atoms with E-state index in [-0.39, 0.29) is 29.6 Å².